The van der Waals surface area contributed by atoms with Crippen molar-refractivity contribution in [2.24, 2.45) is 5.92 Å². The van der Waals surface area contributed by atoms with Gasteiger partial charge in [0.2, 0.25) is 0 Å². The molecule has 0 saturated carbocycles. The molecule has 1 aliphatic carbocycles. The van der Waals surface area contributed by atoms with Crippen molar-refractivity contribution in [2.45, 2.75) is 53.1 Å². The number of thiophene rings is 1. The Balaban J connectivity index is 1.75. The minimum absolute atomic E-state index is 0.262. The van der Waals surface area contributed by atoms with E-state index >= 15 is 0 Å². The zero-order valence-electron chi connectivity index (χ0n) is 17.7. The summed E-state index contributed by atoms with van der Waals surface area (Å²) in [6, 6.07) is 6.94. The van der Waals surface area contributed by atoms with Crippen LogP contribution in [0.25, 0.3) is 0 Å². The van der Waals surface area contributed by atoms with Crippen LogP contribution in [0.2, 0.25) is 0 Å². The highest BCUT2D eigenvalue weighted by molar-refractivity contribution is 7.17. The lowest BCUT2D eigenvalue weighted by atomic mass is 9.88. The first kappa shape index (κ1) is 22.0. The molecule has 1 aliphatic rings. The van der Waals surface area contributed by atoms with Gasteiger partial charge in [0, 0.05) is 4.88 Å². The Morgan fingerprint density at radius 3 is 2.57 bits per heavy atom. The van der Waals surface area contributed by atoms with E-state index in [9.17, 15) is 14.4 Å². The van der Waals surface area contributed by atoms with Crippen LogP contribution >= 0.6 is 11.3 Å². The van der Waals surface area contributed by atoms with Gasteiger partial charge in [0.25, 0.3) is 5.91 Å². The summed E-state index contributed by atoms with van der Waals surface area (Å²) in [6.07, 6.45) is 1.65. The number of fused-ring (bicyclic) bond motifs is 1. The number of hydrogen-bond acceptors (Lipinski definition) is 6. The molecular formula is C23H27NO5S. The molecule has 2 unspecified atom stereocenters. The van der Waals surface area contributed by atoms with E-state index in [1.165, 1.54) is 18.3 Å². The molecule has 0 fully saturated rings. The molecule has 2 atom stereocenters. The number of hydrogen-bond donors (Lipinski definition) is 1. The normalized spacial score (nSPS) is 16.3. The summed E-state index contributed by atoms with van der Waals surface area (Å²) >= 11 is 1.41. The van der Waals surface area contributed by atoms with E-state index in [0.717, 1.165) is 35.3 Å². The lowest BCUT2D eigenvalue weighted by Crippen LogP contribution is -2.30. The first-order valence-corrected chi connectivity index (χ1v) is 11.0. The van der Waals surface area contributed by atoms with Gasteiger partial charge in [0.05, 0.1) is 17.7 Å². The van der Waals surface area contributed by atoms with Crippen molar-refractivity contribution < 1.29 is 23.9 Å². The molecule has 3 rings (SSSR count). The summed E-state index contributed by atoms with van der Waals surface area (Å²) in [5.74, 6) is -0.941. The van der Waals surface area contributed by atoms with Gasteiger partial charge in [-0.1, -0.05) is 24.6 Å². The van der Waals surface area contributed by atoms with Gasteiger partial charge in [-0.05, 0) is 63.6 Å². The molecule has 2 aromatic rings. The molecule has 0 radical (unpaired) electrons. The molecule has 30 heavy (non-hydrogen) atoms. The van der Waals surface area contributed by atoms with Crippen molar-refractivity contribution in [1.29, 1.82) is 0 Å². The van der Waals surface area contributed by atoms with E-state index in [-0.39, 0.29) is 6.61 Å². The number of rotatable bonds is 6. The minimum Gasteiger partial charge on any atom is -0.462 e. The second-order valence-corrected chi connectivity index (χ2v) is 8.78. The van der Waals surface area contributed by atoms with Crippen LogP contribution in [-0.4, -0.2) is 30.6 Å². The van der Waals surface area contributed by atoms with Crippen LogP contribution < -0.4 is 5.32 Å². The topological polar surface area (TPSA) is 81.7 Å². The van der Waals surface area contributed by atoms with Gasteiger partial charge in [-0.3, -0.25) is 4.79 Å². The predicted molar refractivity (Wildman–Crippen MR) is 116 cm³/mol. The van der Waals surface area contributed by atoms with E-state index in [1.807, 2.05) is 19.1 Å². The molecular weight excluding hydrogens is 402 g/mol. The van der Waals surface area contributed by atoms with Gasteiger partial charge in [-0.25, -0.2) is 9.59 Å². The molecule has 1 amide bonds. The minimum atomic E-state index is -1.01. The van der Waals surface area contributed by atoms with Gasteiger partial charge in [-0.15, -0.1) is 11.3 Å². The highest BCUT2D eigenvalue weighted by Crippen LogP contribution is 2.40. The summed E-state index contributed by atoms with van der Waals surface area (Å²) in [5, 5.41) is 3.26. The Hall–Kier alpha value is -2.67. The Labute approximate surface area is 180 Å². The molecule has 0 aliphatic heterocycles. The zero-order chi connectivity index (χ0) is 21.8. The van der Waals surface area contributed by atoms with Gasteiger partial charge in [0.1, 0.15) is 5.00 Å². The van der Waals surface area contributed by atoms with Gasteiger partial charge in [0.15, 0.2) is 6.10 Å². The van der Waals surface area contributed by atoms with Crippen LogP contribution in [-0.2, 0) is 27.1 Å². The number of carbonyl (C=O) groups excluding carboxylic acids is 3. The SMILES string of the molecule is CCOC(=O)c1c(NC(=O)C(C)OC(=O)c2ccc(C)cc2)sc2c1CCC(C)C2. The molecule has 160 valence electrons. The van der Waals surface area contributed by atoms with Crippen LogP contribution in [0.4, 0.5) is 5.00 Å². The van der Waals surface area contributed by atoms with Crippen molar-refractivity contribution in [2.75, 3.05) is 11.9 Å². The number of esters is 2. The lowest BCUT2D eigenvalue weighted by Gasteiger charge is -2.18. The summed E-state index contributed by atoms with van der Waals surface area (Å²) in [6.45, 7) is 7.63. The Bertz CT molecular complexity index is 947. The van der Waals surface area contributed by atoms with Gasteiger partial charge in [-0.2, -0.15) is 0 Å². The first-order chi connectivity index (χ1) is 14.3. The average molecular weight is 430 g/mol. The zero-order valence-corrected chi connectivity index (χ0v) is 18.6. The number of ether oxygens (including phenoxy) is 2. The quantitative estimate of drug-likeness (QED) is 0.682. The summed E-state index contributed by atoms with van der Waals surface area (Å²) in [7, 11) is 0. The highest BCUT2D eigenvalue weighted by Gasteiger charge is 2.30. The second-order valence-electron chi connectivity index (χ2n) is 7.68. The number of amides is 1. The van der Waals surface area contributed by atoms with Crippen molar-refractivity contribution in [3.63, 3.8) is 0 Å². The Morgan fingerprint density at radius 2 is 1.90 bits per heavy atom. The van der Waals surface area contributed by atoms with Crippen LogP contribution in [0, 0.1) is 12.8 Å². The van der Waals surface area contributed by atoms with Crippen molar-refractivity contribution >= 4 is 34.2 Å². The molecule has 1 heterocycles. The third-order valence-corrected chi connectivity index (χ3v) is 6.34. The van der Waals surface area contributed by atoms with Crippen LogP contribution in [0.15, 0.2) is 24.3 Å². The number of benzene rings is 1. The Kier molecular flexibility index (Phi) is 6.92. The third-order valence-electron chi connectivity index (χ3n) is 5.17. The maximum atomic E-state index is 12.7. The molecule has 1 N–H and O–H groups in total. The standard InChI is InChI=1S/C23H27NO5S/c1-5-28-23(27)19-17-11-8-14(3)12-18(17)30-21(19)24-20(25)15(4)29-22(26)16-9-6-13(2)7-10-16/h6-7,9-10,14-15H,5,8,11-12H2,1-4H3,(H,24,25). The van der Waals surface area contributed by atoms with E-state index in [1.54, 1.807) is 19.1 Å². The van der Waals surface area contributed by atoms with Crippen molar-refractivity contribution in [3.05, 3.63) is 51.4 Å². The van der Waals surface area contributed by atoms with Crippen molar-refractivity contribution in [3.8, 4) is 0 Å². The van der Waals surface area contributed by atoms with E-state index in [2.05, 4.69) is 12.2 Å². The third kappa shape index (κ3) is 4.90. The highest BCUT2D eigenvalue weighted by atomic mass is 32.1. The molecule has 0 spiro atoms. The van der Waals surface area contributed by atoms with Crippen LogP contribution in [0.5, 0.6) is 0 Å². The fourth-order valence-electron chi connectivity index (χ4n) is 3.44. The second kappa shape index (κ2) is 9.43. The average Bonchev–Trinajstić information content (AvgIpc) is 3.05. The number of anilines is 1. The van der Waals surface area contributed by atoms with E-state index < -0.39 is 23.9 Å². The molecule has 1 aromatic heterocycles. The predicted octanol–water partition coefficient (Wildman–Crippen LogP) is 4.54. The molecule has 1 aromatic carbocycles. The lowest BCUT2D eigenvalue weighted by molar-refractivity contribution is -0.123. The monoisotopic (exact) mass is 429 g/mol. The van der Waals surface area contributed by atoms with E-state index in [4.69, 9.17) is 9.47 Å². The van der Waals surface area contributed by atoms with Crippen molar-refractivity contribution in [1.82, 2.24) is 0 Å². The summed E-state index contributed by atoms with van der Waals surface area (Å²) in [4.78, 5) is 38.7. The first-order valence-electron chi connectivity index (χ1n) is 10.2. The van der Waals surface area contributed by atoms with Gasteiger partial charge < -0.3 is 14.8 Å². The maximum absolute atomic E-state index is 12.7. The van der Waals surface area contributed by atoms with E-state index in [0.29, 0.717) is 22.0 Å². The molecule has 6 nitrogen and oxygen atoms in total. The number of carbonyl (C=O) groups is 3. The smallest absolute Gasteiger partial charge is 0.341 e. The van der Waals surface area contributed by atoms with Crippen LogP contribution in [0.1, 0.15) is 63.9 Å². The molecule has 0 saturated heterocycles. The fraction of sp³-hybridized carbons (Fsp3) is 0.435. The summed E-state index contributed by atoms with van der Waals surface area (Å²) < 4.78 is 10.5. The maximum Gasteiger partial charge on any atom is 0.341 e. The number of nitrogens with one attached hydrogen (secondary N) is 1. The fourth-order valence-corrected chi connectivity index (χ4v) is 4.85. The molecule has 0 bridgehead atoms. The largest absolute Gasteiger partial charge is 0.462 e. The number of aryl methyl sites for hydroxylation is 1. The summed E-state index contributed by atoms with van der Waals surface area (Å²) in [5.41, 5.74) is 2.82. The van der Waals surface area contributed by atoms with Gasteiger partial charge >= 0.3 is 11.9 Å². The van der Waals surface area contributed by atoms with Crippen LogP contribution in [0.3, 0.4) is 0 Å². The molecule has 7 heteroatoms. The Morgan fingerprint density at radius 1 is 1.20 bits per heavy atom.